The number of nitrogens with zero attached hydrogens (tertiary/aromatic N) is 4. The molecule has 2 aromatic rings. The van der Waals surface area contributed by atoms with E-state index in [0.29, 0.717) is 0 Å². The summed E-state index contributed by atoms with van der Waals surface area (Å²) in [5.74, 6) is 0. The molecule has 0 fully saturated rings. The Morgan fingerprint density at radius 1 is 1.38 bits per heavy atom. The van der Waals surface area contributed by atoms with Crippen LogP contribution in [0.1, 0.15) is 24.5 Å². The first-order valence-electron chi connectivity index (χ1n) is 5.40. The van der Waals surface area contributed by atoms with E-state index >= 15 is 0 Å². The molecule has 16 heavy (non-hydrogen) atoms. The average Bonchev–Trinajstić information content (AvgIpc) is 2.94. The highest BCUT2D eigenvalue weighted by atomic mass is 32.1. The van der Waals surface area contributed by atoms with E-state index in [2.05, 4.69) is 34.5 Å². The summed E-state index contributed by atoms with van der Waals surface area (Å²) in [5.41, 5.74) is 1.16. The zero-order chi connectivity index (χ0) is 11.4. The summed E-state index contributed by atoms with van der Waals surface area (Å²) in [6, 6.07) is 2.01. The number of hydrogen-bond donors (Lipinski definition) is 1. The zero-order valence-electron chi connectivity index (χ0n) is 9.47. The van der Waals surface area contributed by atoms with Crippen molar-refractivity contribution < 1.29 is 0 Å². The Morgan fingerprint density at radius 2 is 2.25 bits per heavy atom. The highest BCUT2D eigenvalue weighted by Crippen LogP contribution is 2.16. The van der Waals surface area contributed by atoms with Crippen molar-refractivity contribution >= 4 is 16.5 Å². The van der Waals surface area contributed by atoms with Crippen LogP contribution in [-0.4, -0.2) is 20.0 Å². The van der Waals surface area contributed by atoms with Crippen LogP contribution >= 0.6 is 11.3 Å². The van der Waals surface area contributed by atoms with Gasteiger partial charge < -0.3 is 5.32 Å². The van der Waals surface area contributed by atoms with Gasteiger partial charge in [-0.3, -0.25) is 4.68 Å². The largest absolute Gasteiger partial charge is 0.354 e. The molecule has 0 radical (unpaired) electrons. The van der Waals surface area contributed by atoms with Crippen molar-refractivity contribution in [2.24, 2.45) is 0 Å². The number of rotatable bonds is 5. The molecule has 0 atom stereocenters. The Labute approximate surface area is 98.5 Å². The normalized spacial score (nSPS) is 10.6. The van der Waals surface area contributed by atoms with Crippen LogP contribution in [0.3, 0.4) is 0 Å². The molecular formula is C10H15N5S. The lowest BCUT2D eigenvalue weighted by molar-refractivity contribution is 0.627. The summed E-state index contributed by atoms with van der Waals surface area (Å²) in [5, 5.41) is 17.5. The van der Waals surface area contributed by atoms with E-state index < -0.39 is 0 Å². The minimum absolute atomic E-state index is 0.742. The van der Waals surface area contributed by atoms with E-state index in [9.17, 15) is 0 Å². The topological polar surface area (TPSA) is 55.6 Å². The molecule has 0 saturated carbocycles. The summed E-state index contributed by atoms with van der Waals surface area (Å²) < 4.78 is 1.97. The number of aromatic nitrogens is 4. The molecular weight excluding hydrogens is 222 g/mol. The second-order valence-corrected chi connectivity index (χ2v) is 4.41. The number of hydrogen-bond acceptors (Lipinski definition) is 5. The average molecular weight is 237 g/mol. The van der Waals surface area contributed by atoms with E-state index in [1.807, 2.05) is 16.9 Å². The van der Waals surface area contributed by atoms with Gasteiger partial charge in [0.2, 0.25) is 5.13 Å². The molecule has 86 valence electrons. The Hall–Kier alpha value is -1.43. The third kappa shape index (κ3) is 2.38. The third-order valence-corrected chi connectivity index (χ3v) is 3.32. The fourth-order valence-corrected chi connectivity index (χ4v) is 2.10. The van der Waals surface area contributed by atoms with E-state index in [1.54, 1.807) is 11.3 Å². The van der Waals surface area contributed by atoms with Crippen LogP contribution in [0.4, 0.5) is 5.13 Å². The van der Waals surface area contributed by atoms with Crippen LogP contribution in [0.25, 0.3) is 0 Å². The van der Waals surface area contributed by atoms with Gasteiger partial charge in [0.05, 0.1) is 12.2 Å². The molecule has 0 saturated heterocycles. The second kappa shape index (κ2) is 5.07. The minimum Gasteiger partial charge on any atom is -0.354 e. The molecule has 2 aromatic heterocycles. The lowest BCUT2D eigenvalue weighted by Gasteiger charge is -2.04. The fraction of sp³-hybridized carbons (Fsp3) is 0.500. The Kier molecular flexibility index (Phi) is 3.51. The van der Waals surface area contributed by atoms with Gasteiger partial charge in [0.25, 0.3) is 0 Å². The van der Waals surface area contributed by atoms with Crippen molar-refractivity contribution in [1.29, 1.82) is 0 Å². The summed E-state index contributed by atoms with van der Waals surface area (Å²) in [7, 11) is 0. The molecule has 0 spiro atoms. The predicted octanol–water partition coefficient (Wildman–Crippen LogP) is 1.93. The van der Waals surface area contributed by atoms with Crippen LogP contribution in [0, 0.1) is 0 Å². The number of anilines is 1. The number of aryl methyl sites for hydroxylation is 2. The second-order valence-electron chi connectivity index (χ2n) is 3.35. The quantitative estimate of drug-likeness (QED) is 0.863. The maximum Gasteiger partial charge on any atom is 0.205 e. The maximum absolute atomic E-state index is 4.21. The van der Waals surface area contributed by atoms with Gasteiger partial charge in [-0.15, -0.1) is 10.2 Å². The SMILES string of the molecule is CCc1nnc(NCc2ccnn2CC)s1. The summed E-state index contributed by atoms with van der Waals surface area (Å²) >= 11 is 1.61. The summed E-state index contributed by atoms with van der Waals surface area (Å²) in [6.45, 7) is 5.79. The summed E-state index contributed by atoms with van der Waals surface area (Å²) in [4.78, 5) is 0. The van der Waals surface area contributed by atoms with Crippen LogP contribution in [-0.2, 0) is 19.5 Å². The van der Waals surface area contributed by atoms with Crippen molar-refractivity contribution in [3.05, 3.63) is 23.0 Å². The Balaban J connectivity index is 1.96. The van der Waals surface area contributed by atoms with Crippen molar-refractivity contribution in [2.75, 3.05) is 5.32 Å². The molecule has 0 bridgehead atoms. The van der Waals surface area contributed by atoms with Gasteiger partial charge in [-0.25, -0.2) is 0 Å². The van der Waals surface area contributed by atoms with Gasteiger partial charge in [-0.1, -0.05) is 18.3 Å². The van der Waals surface area contributed by atoms with Crippen LogP contribution < -0.4 is 5.32 Å². The highest BCUT2D eigenvalue weighted by Gasteiger charge is 2.04. The minimum atomic E-state index is 0.742. The van der Waals surface area contributed by atoms with Gasteiger partial charge in [0.1, 0.15) is 5.01 Å². The molecule has 2 heterocycles. The molecule has 6 heteroatoms. The van der Waals surface area contributed by atoms with Gasteiger partial charge in [0, 0.05) is 12.7 Å². The van der Waals surface area contributed by atoms with E-state index in [1.165, 1.54) is 0 Å². The lowest BCUT2D eigenvalue weighted by atomic mass is 10.4. The van der Waals surface area contributed by atoms with Gasteiger partial charge >= 0.3 is 0 Å². The van der Waals surface area contributed by atoms with Gasteiger partial charge in [0.15, 0.2) is 0 Å². The highest BCUT2D eigenvalue weighted by molar-refractivity contribution is 7.15. The standard InChI is InChI=1S/C10H15N5S/c1-3-9-13-14-10(16-9)11-7-8-5-6-12-15(8)4-2/h5-6H,3-4,7H2,1-2H3,(H,11,14). The first-order chi connectivity index (χ1) is 7.83. The van der Waals surface area contributed by atoms with Crippen LogP contribution in [0.15, 0.2) is 12.3 Å². The first kappa shape index (κ1) is 11.1. The molecule has 0 amide bonds. The third-order valence-electron chi connectivity index (χ3n) is 2.29. The fourth-order valence-electron chi connectivity index (χ4n) is 1.43. The molecule has 1 N–H and O–H groups in total. The van der Waals surface area contributed by atoms with Gasteiger partial charge in [-0.2, -0.15) is 5.10 Å². The smallest absolute Gasteiger partial charge is 0.205 e. The molecule has 0 aliphatic heterocycles. The Morgan fingerprint density at radius 3 is 2.94 bits per heavy atom. The van der Waals surface area contributed by atoms with Crippen molar-refractivity contribution in [1.82, 2.24) is 20.0 Å². The van der Waals surface area contributed by atoms with E-state index in [0.717, 1.165) is 35.3 Å². The monoisotopic (exact) mass is 237 g/mol. The predicted molar refractivity (Wildman–Crippen MR) is 64.5 cm³/mol. The van der Waals surface area contributed by atoms with Crippen molar-refractivity contribution in [3.63, 3.8) is 0 Å². The van der Waals surface area contributed by atoms with E-state index in [4.69, 9.17) is 0 Å². The number of nitrogens with one attached hydrogen (secondary N) is 1. The zero-order valence-corrected chi connectivity index (χ0v) is 10.3. The first-order valence-corrected chi connectivity index (χ1v) is 6.22. The Bertz CT molecular complexity index is 448. The van der Waals surface area contributed by atoms with Crippen LogP contribution in [0.5, 0.6) is 0 Å². The van der Waals surface area contributed by atoms with Crippen LogP contribution in [0.2, 0.25) is 0 Å². The molecule has 5 nitrogen and oxygen atoms in total. The molecule has 0 aliphatic carbocycles. The summed E-state index contributed by atoms with van der Waals surface area (Å²) in [6.07, 6.45) is 2.75. The lowest BCUT2D eigenvalue weighted by Crippen LogP contribution is -2.07. The van der Waals surface area contributed by atoms with Gasteiger partial charge in [-0.05, 0) is 19.4 Å². The van der Waals surface area contributed by atoms with Crippen molar-refractivity contribution in [3.8, 4) is 0 Å². The van der Waals surface area contributed by atoms with Crippen molar-refractivity contribution in [2.45, 2.75) is 33.4 Å². The molecule has 0 unspecified atom stereocenters. The molecule has 2 rings (SSSR count). The van der Waals surface area contributed by atoms with E-state index in [-0.39, 0.29) is 0 Å². The molecule has 0 aromatic carbocycles. The maximum atomic E-state index is 4.21. The molecule has 0 aliphatic rings.